The second-order valence-corrected chi connectivity index (χ2v) is 7.58. The summed E-state index contributed by atoms with van der Waals surface area (Å²) in [5.41, 5.74) is 6.32. The van der Waals surface area contributed by atoms with E-state index < -0.39 is 7.12 Å². The number of aliphatic hydroxyl groups excluding tert-OH is 1. The lowest BCUT2D eigenvalue weighted by Gasteiger charge is -2.27. The first-order chi connectivity index (χ1) is 12.5. The van der Waals surface area contributed by atoms with Gasteiger partial charge in [-0.15, -0.1) is 10.2 Å². The number of carbonyl (C=O) groups excluding carboxylic acids is 1. The van der Waals surface area contributed by atoms with Crippen LogP contribution in [0.2, 0.25) is 0 Å². The van der Waals surface area contributed by atoms with Crippen LogP contribution in [0.4, 0.5) is 5.13 Å². The van der Waals surface area contributed by atoms with Crippen molar-refractivity contribution >= 4 is 41.6 Å². The first-order valence-corrected chi connectivity index (χ1v) is 9.54. The van der Waals surface area contributed by atoms with E-state index in [4.69, 9.17) is 15.5 Å². The predicted octanol–water partition coefficient (Wildman–Crippen LogP) is 1.78. The average molecular weight is 399 g/mol. The Morgan fingerprint density at radius 1 is 1.42 bits per heavy atom. The summed E-state index contributed by atoms with van der Waals surface area (Å²) >= 11 is 2.54. The van der Waals surface area contributed by atoms with Gasteiger partial charge in [-0.2, -0.15) is 0 Å². The molecule has 11 heteroatoms. The Morgan fingerprint density at radius 3 is 2.62 bits per heavy atom. The Morgan fingerprint density at radius 2 is 2.08 bits per heavy atom. The molecule has 0 fully saturated rings. The first kappa shape index (κ1) is 22.2. The zero-order chi connectivity index (χ0) is 19.7. The molecule has 0 amide bonds. The van der Waals surface area contributed by atoms with E-state index in [1.165, 1.54) is 35.6 Å². The number of thioether (sulfide) groups is 1. The van der Waals surface area contributed by atoms with Crippen LogP contribution in [-0.2, 0) is 6.42 Å². The number of aldehydes is 1. The maximum atomic E-state index is 11.0. The minimum atomic E-state index is -1.12. The Labute approximate surface area is 160 Å². The van der Waals surface area contributed by atoms with Crippen molar-refractivity contribution in [1.82, 2.24) is 10.2 Å². The number of hydrogen-bond donors (Lipinski definition) is 4. The number of carbonyl (C=O) groups is 1. The highest BCUT2D eigenvalue weighted by Gasteiger charge is 2.37. The summed E-state index contributed by atoms with van der Waals surface area (Å²) in [7, 11) is -0.117. The molecular weight excluding hydrogens is 377 g/mol. The van der Waals surface area contributed by atoms with Gasteiger partial charge < -0.3 is 25.6 Å². The molecule has 26 heavy (non-hydrogen) atoms. The topological polar surface area (TPSA) is 139 Å². The van der Waals surface area contributed by atoms with Crippen LogP contribution in [0.25, 0.3) is 0 Å². The number of fused-ring (bicyclic) bond motifs is 1. The van der Waals surface area contributed by atoms with Crippen molar-refractivity contribution in [2.45, 2.75) is 36.2 Å². The molecule has 0 radical (unpaired) electrons. The lowest BCUT2D eigenvalue weighted by Crippen LogP contribution is -2.40. The van der Waals surface area contributed by atoms with Crippen LogP contribution in [0.1, 0.15) is 36.2 Å². The molecule has 1 aromatic heterocycles. The summed E-state index contributed by atoms with van der Waals surface area (Å²) in [6.07, 6.45) is 2.24. The van der Waals surface area contributed by atoms with Crippen LogP contribution in [0.5, 0.6) is 11.5 Å². The van der Waals surface area contributed by atoms with Gasteiger partial charge >= 0.3 is 7.12 Å². The molecule has 2 heterocycles. The number of benzene rings is 1. The molecule has 5 N–H and O–H groups in total. The second-order valence-electron chi connectivity index (χ2n) is 5.09. The number of aromatic hydroxyl groups is 1. The number of aliphatic hydroxyl groups is 1. The third kappa shape index (κ3) is 5.59. The Balaban J connectivity index is 0.000000615. The molecule has 0 aliphatic carbocycles. The van der Waals surface area contributed by atoms with Crippen molar-refractivity contribution in [1.29, 1.82) is 0 Å². The maximum Gasteiger partial charge on any atom is 0.537 e. The molecule has 1 unspecified atom stereocenters. The highest BCUT2D eigenvalue weighted by Crippen LogP contribution is 2.39. The van der Waals surface area contributed by atoms with Gasteiger partial charge in [-0.3, -0.25) is 4.79 Å². The Kier molecular flexibility index (Phi) is 9.42. The maximum absolute atomic E-state index is 11.0. The highest BCUT2D eigenvalue weighted by molar-refractivity contribution is 8.02. The molecule has 2 aromatic rings. The molecule has 1 aromatic carbocycles. The Bertz CT molecular complexity index is 717. The fourth-order valence-corrected chi connectivity index (χ4v) is 4.00. The van der Waals surface area contributed by atoms with Crippen molar-refractivity contribution in [2.24, 2.45) is 0 Å². The smallest absolute Gasteiger partial charge is 0.535 e. The van der Waals surface area contributed by atoms with Gasteiger partial charge in [0, 0.05) is 7.11 Å². The van der Waals surface area contributed by atoms with Gasteiger partial charge in [0.1, 0.15) is 11.5 Å². The normalized spacial score (nSPS) is 14.8. The van der Waals surface area contributed by atoms with E-state index in [0.29, 0.717) is 22.2 Å². The monoisotopic (exact) mass is 399 g/mol. The molecule has 0 saturated carbocycles. The average Bonchev–Trinajstić information content (AvgIpc) is 3.03. The van der Waals surface area contributed by atoms with Crippen LogP contribution in [0, 0.1) is 0 Å². The zero-order valence-electron chi connectivity index (χ0n) is 14.7. The van der Waals surface area contributed by atoms with E-state index in [1.807, 2.05) is 0 Å². The summed E-state index contributed by atoms with van der Waals surface area (Å²) in [6.45, 7) is 4.25. The lowest BCUT2D eigenvalue weighted by atomic mass is 9.77. The summed E-state index contributed by atoms with van der Waals surface area (Å²) in [6, 6.07) is 3.11. The van der Waals surface area contributed by atoms with E-state index in [2.05, 4.69) is 24.0 Å². The number of phenols is 1. The molecule has 8 nitrogen and oxygen atoms in total. The van der Waals surface area contributed by atoms with Gasteiger partial charge in [0.05, 0.1) is 10.7 Å². The van der Waals surface area contributed by atoms with E-state index in [-0.39, 0.29) is 22.2 Å². The third-order valence-corrected chi connectivity index (χ3v) is 5.10. The highest BCUT2D eigenvalue weighted by atomic mass is 32.2. The van der Waals surface area contributed by atoms with Gasteiger partial charge in [0.2, 0.25) is 5.13 Å². The number of phenolic OH excluding ortho intramolecular Hbond substituents is 1. The van der Waals surface area contributed by atoms with Crippen LogP contribution in [0.3, 0.4) is 0 Å². The van der Waals surface area contributed by atoms with E-state index in [1.54, 1.807) is 6.07 Å². The number of hydrogen-bond acceptors (Lipinski definition) is 10. The van der Waals surface area contributed by atoms with Crippen molar-refractivity contribution in [3.8, 4) is 11.5 Å². The quantitative estimate of drug-likeness (QED) is 0.449. The standard InChI is InChI=1S/C11H10BN3O4S2.C3H8.CH4O/c13-10-14-15-11(21-10)20-8-3-5-1-2-7(17)6(4-16)9(5)19-12(8)18;1-3-2;1-2/h1-2,4,8,17-18H,3H2,(H2,13,14);3H2,1-2H3;2H,1H3. The number of nitrogens with two attached hydrogens (primary N) is 1. The number of rotatable bonds is 3. The van der Waals surface area contributed by atoms with Gasteiger partial charge in [-0.05, 0) is 18.1 Å². The van der Waals surface area contributed by atoms with E-state index in [0.717, 1.165) is 12.7 Å². The predicted molar refractivity (Wildman–Crippen MR) is 104 cm³/mol. The summed E-state index contributed by atoms with van der Waals surface area (Å²) in [4.78, 5) is 11.0. The largest absolute Gasteiger partial charge is 0.537 e. The van der Waals surface area contributed by atoms with E-state index in [9.17, 15) is 14.9 Å². The lowest BCUT2D eigenvalue weighted by molar-refractivity contribution is 0.111. The van der Waals surface area contributed by atoms with Crippen molar-refractivity contribution in [3.63, 3.8) is 0 Å². The SMILES string of the molecule is CCC.CO.Nc1nnc(SC2Cc3ccc(O)c(C=O)c3OB2O)s1. The van der Waals surface area contributed by atoms with Gasteiger partial charge in [-0.1, -0.05) is 49.4 Å². The van der Waals surface area contributed by atoms with Crippen molar-refractivity contribution in [2.75, 3.05) is 12.8 Å². The van der Waals surface area contributed by atoms with Gasteiger partial charge in [-0.25, -0.2) is 0 Å². The third-order valence-electron chi connectivity index (χ3n) is 3.02. The fraction of sp³-hybridized carbons (Fsp3) is 0.400. The fourth-order valence-electron chi connectivity index (χ4n) is 2.06. The molecular formula is C15H22BN3O5S2. The number of anilines is 1. The molecule has 0 saturated heterocycles. The van der Waals surface area contributed by atoms with Gasteiger partial charge in [0.25, 0.3) is 0 Å². The summed E-state index contributed by atoms with van der Waals surface area (Å²) < 4.78 is 6.03. The number of aromatic nitrogens is 2. The number of nitrogens with zero attached hydrogens (tertiary/aromatic N) is 2. The molecule has 0 spiro atoms. The van der Waals surface area contributed by atoms with Gasteiger partial charge in [0.15, 0.2) is 10.6 Å². The minimum absolute atomic E-state index is 0.0511. The zero-order valence-corrected chi connectivity index (χ0v) is 16.4. The number of nitrogen functional groups attached to an aromatic ring is 1. The molecule has 3 rings (SSSR count). The molecule has 1 aliphatic heterocycles. The van der Waals surface area contributed by atoms with Crippen LogP contribution in [0.15, 0.2) is 16.5 Å². The minimum Gasteiger partial charge on any atom is -0.535 e. The van der Waals surface area contributed by atoms with Crippen molar-refractivity contribution < 1.29 is 24.7 Å². The molecule has 1 aliphatic rings. The summed E-state index contributed by atoms with van der Waals surface area (Å²) in [5.74, 6) is 0.0603. The second kappa shape index (κ2) is 11.0. The van der Waals surface area contributed by atoms with Crippen LogP contribution >= 0.6 is 23.1 Å². The summed E-state index contributed by atoms with van der Waals surface area (Å²) in [5, 5.41) is 34.4. The van der Waals surface area contributed by atoms with E-state index >= 15 is 0 Å². The van der Waals surface area contributed by atoms with Crippen molar-refractivity contribution in [3.05, 3.63) is 23.3 Å². The van der Waals surface area contributed by atoms with Crippen LogP contribution in [-0.4, -0.2) is 51.1 Å². The first-order valence-electron chi connectivity index (χ1n) is 7.85. The molecule has 142 valence electrons. The molecule has 1 atom stereocenters. The Hall–Kier alpha value is -1.82. The molecule has 0 bridgehead atoms. The van der Waals surface area contributed by atoms with Crippen LogP contribution < -0.4 is 10.4 Å².